The zero-order chi connectivity index (χ0) is 22.3. The van der Waals surface area contributed by atoms with Crippen molar-refractivity contribution in [2.45, 2.75) is 0 Å². The lowest BCUT2D eigenvalue weighted by molar-refractivity contribution is 1.28. The highest BCUT2D eigenvalue weighted by Crippen LogP contribution is 2.37. The van der Waals surface area contributed by atoms with E-state index in [4.69, 9.17) is 0 Å². The molecule has 0 aliphatic heterocycles. The van der Waals surface area contributed by atoms with E-state index in [1.807, 2.05) is 6.07 Å². The molecule has 5 aromatic rings. The van der Waals surface area contributed by atoms with Crippen molar-refractivity contribution in [1.82, 2.24) is 0 Å². The first kappa shape index (κ1) is 20.5. The summed E-state index contributed by atoms with van der Waals surface area (Å²) in [4.78, 5) is 2.30. The van der Waals surface area contributed by atoms with E-state index in [9.17, 15) is 0 Å². The molecular weight excluding hydrogens is 398 g/mol. The molecule has 0 bridgehead atoms. The second kappa shape index (κ2) is 9.84. The molecule has 1 nitrogen and oxygen atoms in total. The fourth-order valence-electron chi connectivity index (χ4n) is 4.06. The summed E-state index contributed by atoms with van der Waals surface area (Å²) >= 11 is 0. The van der Waals surface area contributed by atoms with Gasteiger partial charge in [-0.15, -0.1) is 0 Å². The fraction of sp³-hybridized carbons (Fsp3) is 0. The minimum atomic E-state index is 1.12. The molecule has 0 saturated carbocycles. The van der Waals surface area contributed by atoms with Gasteiger partial charge in [-0.3, -0.25) is 0 Å². The Morgan fingerprint density at radius 2 is 0.939 bits per heavy atom. The van der Waals surface area contributed by atoms with E-state index in [1.54, 1.807) is 0 Å². The summed E-state index contributed by atoms with van der Waals surface area (Å²) in [5.41, 5.74) is 8.18. The minimum absolute atomic E-state index is 1.12. The zero-order valence-corrected chi connectivity index (χ0v) is 18.4. The Labute approximate surface area is 195 Å². The third-order valence-electron chi connectivity index (χ3n) is 5.66. The van der Waals surface area contributed by atoms with Gasteiger partial charge < -0.3 is 4.90 Å². The second-order valence-electron chi connectivity index (χ2n) is 7.89. The molecule has 0 atom stereocenters. The van der Waals surface area contributed by atoms with Gasteiger partial charge in [-0.05, 0) is 58.7 Å². The van der Waals surface area contributed by atoms with Crippen molar-refractivity contribution in [3.05, 3.63) is 151 Å². The second-order valence-corrected chi connectivity index (χ2v) is 7.89. The number of hydrogen-bond acceptors (Lipinski definition) is 1. The molecular formula is C32H25N. The highest BCUT2D eigenvalue weighted by Gasteiger charge is 2.14. The Kier molecular flexibility index (Phi) is 6.13. The summed E-state index contributed by atoms with van der Waals surface area (Å²) in [5, 5.41) is 0. The van der Waals surface area contributed by atoms with Crippen LogP contribution in [0.4, 0.5) is 17.1 Å². The van der Waals surface area contributed by atoms with Crippen LogP contribution in [0, 0.1) is 0 Å². The molecule has 0 N–H and O–H groups in total. The molecule has 0 aliphatic carbocycles. The third-order valence-corrected chi connectivity index (χ3v) is 5.66. The molecule has 1 heteroatoms. The Bertz CT molecular complexity index is 1290. The first-order chi connectivity index (χ1) is 16.4. The van der Waals surface area contributed by atoms with Gasteiger partial charge >= 0.3 is 0 Å². The van der Waals surface area contributed by atoms with E-state index in [2.05, 4.69) is 151 Å². The molecule has 0 fully saturated rings. The van der Waals surface area contributed by atoms with Crippen LogP contribution in [-0.2, 0) is 0 Å². The van der Waals surface area contributed by atoms with E-state index in [0.717, 1.165) is 17.1 Å². The molecule has 0 radical (unpaired) electrons. The van der Waals surface area contributed by atoms with Gasteiger partial charge in [0, 0.05) is 17.1 Å². The Morgan fingerprint density at radius 3 is 1.52 bits per heavy atom. The summed E-state index contributed by atoms with van der Waals surface area (Å²) in [6.07, 6.45) is 4.40. The molecule has 33 heavy (non-hydrogen) atoms. The van der Waals surface area contributed by atoms with E-state index in [0.29, 0.717) is 0 Å². The van der Waals surface area contributed by atoms with Crippen molar-refractivity contribution < 1.29 is 0 Å². The number of anilines is 3. The van der Waals surface area contributed by atoms with Crippen LogP contribution >= 0.6 is 0 Å². The summed E-state index contributed by atoms with van der Waals surface area (Å²) in [6.45, 7) is 0. The molecule has 0 aliphatic rings. The molecule has 0 unspecified atom stereocenters. The van der Waals surface area contributed by atoms with Crippen molar-refractivity contribution in [2.75, 3.05) is 4.90 Å². The topological polar surface area (TPSA) is 3.24 Å². The van der Waals surface area contributed by atoms with E-state index < -0.39 is 0 Å². The van der Waals surface area contributed by atoms with Crippen molar-refractivity contribution in [2.24, 2.45) is 0 Å². The average molecular weight is 424 g/mol. The van der Waals surface area contributed by atoms with Gasteiger partial charge in [0.2, 0.25) is 0 Å². The van der Waals surface area contributed by atoms with Gasteiger partial charge in [0.1, 0.15) is 0 Å². The first-order valence-corrected chi connectivity index (χ1v) is 11.2. The van der Waals surface area contributed by atoms with Gasteiger partial charge in [-0.1, -0.05) is 115 Å². The van der Waals surface area contributed by atoms with Crippen LogP contribution in [0.15, 0.2) is 140 Å². The van der Waals surface area contributed by atoms with Crippen LogP contribution < -0.4 is 4.90 Å². The Morgan fingerprint density at radius 1 is 0.424 bits per heavy atom. The van der Waals surface area contributed by atoms with Gasteiger partial charge in [0.05, 0.1) is 0 Å². The van der Waals surface area contributed by atoms with Crippen molar-refractivity contribution in [1.29, 1.82) is 0 Å². The largest absolute Gasteiger partial charge is 0.310 e. The van der Waals surface area contributed by atoms with Crippen LogP contribution in [0.1, 0.15) is 11.1 Å². The SMILES string of the molecule is C(=Cc1cc(N(c2ccccc2)c2ccccc2)ccc1-c1ccccc1)c1ccccc1. The molecule has 0 aromatic heterocycles. The third kappa shape index (κ3) is 4.78. The quantitative estimate of drug-likeness (QED) is 0.246. The monoisotopic (exact) mass is 423 g/mol. The smallest absolute Gasteiger partial charge is 0.0468 e. The lowest BCUT2D eigenvalue weighted by atomic mass is 9.97. The van der Waals surface area contributed by atoms with Crippen molar-refractivity contribution >= 4 is 29.2 Å². The molecule has 5 aromatic carbocycles. The van der Waals surface area contributed by atoms with Crippen LogP contribution in [0.5, 0.6) is 0 Å². The van der Waals surface area contributed by atoms with E-state index in [1.165, 1.54) is 22.3 Å². The average Bonchev–Trinajstić information content (AvgIpc) is 2.90. The highest BCUT2D eigenvalue weighted by molar-refractivity contribution is 5.86. The first-order valence-electron chi connectivity index (χ1n) is 11.2. The number of hydrogen-bond donors (Lipinski definition) is 0. The summed E-state index contributed by atoms with van der Waals surface area (Å²) in [6, 6.07) is 48.8. The normalized spacial score (nSPS) is 10.9. The van der Waals surface area contributed by atoms with Crippen molar-refractivity contribution in [3.63, 3.8) is 0 Å². The molecule has 158 valence electrons. The maximum atomic E-state index is 2.30. The maximum absolute atomic E-state index is 2.30. The molecule has 0 heterocycles. The number of benzene rings is 5. The van der Waals surface area contributed by atoms with Crippen LogP contribution in [-0.4, -0.2) is 0 Å². The van der Waals surface area contributed by atoms with Gasteiger partial charge in [-0.2, -0.15) is 0 Å². The van der Waals surface area contributed by atoms with Gasteiger partial charge in [0.15, 0.2) is 0 Å². The predicted octanol–water partition coefficient (Wildman–Crippen LogP) is 8.99. The molecule has 0 amide bonds. The Balaban J connectivity index is 1.65. The summed E-state index contributed by atoms with van der Waals surface area (Å²) in [7, 11) is 0. The maximum Gasteiger partial charge on any atom is 0.0468 e. The lowest BCUT2D eigenvalue weighted by Gasteiger charge is -2.26. The van der Waals surface area contributed by atoms with Crippen LogP contribution in [0.25, 0.3) is 23.3 Å². The summed E-state index contributed by atoms with van der Waals surface area (Å²) < 4.78 is 0. The van der Waals surface area contributed by atoms with Crippen LogP contribution in [0.3, 0.4) is 0 Å². The zero-order valence-electron chi connectivity index (χ0n) is 18.4. The minimum Gasteiger partial charge on any atom is -0.310 e. The lowest BCUT2D eigenvalue weighted by Crippen LogP contribution is -2.10. The molecule has 0 spiro atoms. The summed E-state index contributed by atoms with van der Waals surface area (Å²) in [5.74, 6) is 0. The number of para-hydroxylation sites is 2. The Hall–Kier alpha value is -4.36. The predicted molar refractivity (Wildman–Crippen MR) is 142 cm³/mol. The van der Waals surface area contributed by atoms with E-state index >= 15 is 0 Å². The highest BCUT2D eigenvalue weighted by atomic mass is 15.1. The van der Waals surface area contributed by atoms with Crippen molar-refractivity contribution in [3.8, 4) is 11.1 Å². The fourth-order valence-corrected chi connectivity index (χ4v) is 4.06. The van der Waals surface area contributed by atoms with E-state index in [-0.39, 0.29) is 0 Å². The molecule has 0 saturated heterocycles. The standard InChI is InChI=1S/C32H25N/c1-5-13-26(14-6-1)21-22-28-25-31(23-24-32(28)27-15-7-2-8-16-27)33(29-17-9-3-10-18-29)30-19-11-4-12-20-30/h1-25H. The number of rotatable bonds is 6. The van der Waals surface area contributed by atoms with Gasteiger partial charge in [0.25, 0.3) is 0 Å². The molecule has 5 rings (SSSR count). The number of nitrogens with zero attached hydrogens (tertiary/aromatic N) is 1. The van der Waals surface area contributed by atoms with Gasteiger partial charge in [-0.25, -0.2) is 0 Å². The van der Waals surface area contributed by atoms with Crippen LogP contribution in [0.2, 0.25) is 0 Å².